The van der Waals surface area contributed by atoms with E-state index in [2.05, 4.69) is 0 Å². The molecule has 6 nitrogen and oxygen atoms in total. The Morgan fingerprint density at radius 3 is 1.84 bits per heavy atom. The third-order valence-corrected chi connectivity index (χ3v) is 3.36. The Morgan fingerprint density at radius 1 is 1.00 bits per heavy atom. The van der Waals surface area contributed by atoms with E-state index in [0.29, 0.717) is 12.8 Å². The summed E-state index contributed by atoms with van der Waals surface area (Å²) >= 11 is 0. The van der Waals surface area contributed by atoms with E-state index in [0.717, 1.165) is 0 Å². The standard InChI is InChI=1S/C13H24O6/c1-4-10(5-8(2)11(14)15)7-13(18,19)6-9(3)12(16)17/h8-10,18-19H,4-7H2,1-3H3,(H,14,15)(H,16,17). The Kier molecular flexibility index (Phi) is 7.00. The van der Waals surface area contributed by atoms with Crippen molar-refractivity contribution < 1.29 is 30.0 Å². The molecule has 3 unspecified atom stereocenters. The van der Waals surface area contributed by atoms with E-state index in [1.54, 1.807) is 6.92 Å². The molecular weight excluding hydrogens is 252 g/mol. The van der Waals surface area contributed by atoms with Gasteiger partial charge in [0, 0.05) is 12.8 Å². The van der Waals surface area contributed by atoms with Crippen LogP contribution in [0, 0.1) is 17.8 Å². The van der Waals surface area contributed by atoms with Gasteiger partial charge in [0.2, 0.25) is 0 Å². The summed E-state index contributed by atoms with van der Waals surface area (Å²) in [5, 5.41) is 37.3. The minimum atomic E-state index is -2.07. The van der Waals surface area contributed by atoms with E-state index in [1.807, 2.05) is 6.92 Å². The largest absolute Gasteiger partial charge is 0.481 e. The highest BCUT2D eigenvalue weighted by molar-refractivity contribution is 5.69. The number of rotatable bonds is 9. The highest BCUT2D eigenvalue weighted by Gasteiger charge is 2.32. The van der Waals surface area contributed by atoms with Gasteiger partial charge in [-0.2, -0.15) is 0 Å². The Hall–Kier alpha value is -1.14. The molecule has 0 aromatic rings. The van der Waals surface area contributed by atoms with E-state index < -0.39 is 29.6 Å². The smallest absolute Gasteiger partial charge is 0.306 e. The van der Waals surface area contributed by atoms with Gasteiger partial charge >= 0.3 is 11.9 Å². The lowest BCUT2D eigenvalue weighted by atomic mass is 9.85. The van der Waals surface area contributed by atoms with Crippen LogP contribution in [0.1, 0.15) is 46.5 Å². The van der Waals surface area contributed by atoms with Gasteiger partial charge in [-0.1, -0.05) is 27.2 Å². The second-order valence-corrected chi connectivity index (χ2v) is 5.38. The van der Waals surface area contributed by atoms with Crippen molar-refractivity contribution >= 4 is 11.9 Å². The molecule has 0 radical (unpaired) electrons. The summed E-state index contributed by atoms with van der Waals surface area (Å²) in [4.78, 5) is 21.5. The number of hydrogen-bond acceptors (Lipinski definition) is 4. The Balaban J connectivity index is 4.50. The van der Waals surface area contributed by atoms with Gasteiger partial charge in [-0.15, -0.1) is 0 Å². The van der Waals surface area contributed by atoms with E-state index in [-0.39, 0.29) is 18.8 Å². The van der Waals surface area contributed by atoms with Crippen LogP contribution in [0.3, 0.4) is 0 Å². The Labute approximate surface area is 113 Å². The maximum absolute atomic E-state index is 10.8. The van der Waals surface area contributed by atoms with Crippen molar-refractivity contribution in [1.82, 2.24) is 0 Å². The lowest BCUT2D eigenvalue weighted by molar-refractivity contribution is -0.191. The zero-order valence-electron chi connectivity index (χ0n) is 11.7. The summed E-state index contributed by atoms with van der Waals surface area (Å²) < 4.78 is 0. The summed E-state index contributed by atoms with van der Waals surface area (Å²) in [7, 11) is 0. The molecule has 3 atom stereocenters. The number of carboxylic acid groups (broad SMARTS) is 2. The molecule has 0 fully saturated rings. The lowest BCUT2D eigenvalue weighted by Crippen LogP contribution is -2.35. The molecule has 0 rings (SSSR count). The van der Waals surface area contributed by atoms with Crippen LogP contribution in [-0.4, -0.2) is 38.2 Å². The molecule has 19 heavy (non-hydrogen) atoms. The van der Waals surface area contributed by atoms with Crippen LogP contribution in [0.25, 0.3) is 0 Å². The fourth-order valence-corrected chi connectivity index (χ4v) is 2.12. The monoisotopic (exact) mass is 276 g/mol. The zero-order valence-corrected chi connectivity index (χ0v) is 11.7. The molecule has 6 heteroatoms. The molecular formula is C13H24O6. The van der Waals surface area contributed by atoms with Crippen LogP contribution in [-0.2, 0) is 9.59 Å². The van der Waals surface area contributed by atoms with Crippen LogP contribution in [0.15, 0.2) is 0 Å². The van der Waals surface area contributed by atoms with Crippen molar-refractivity contribution in [1.29, 1.82) is 0 Å². The van der Waals surface area contributed by atoms with Crippen molar-refractivity contribution in [3.63, 3.8) is 0 Å². The average molecular weight is 276 g/mol. The fraction of sp³-hybridized carbons (Fsp3) is 0.846. The van der Waals surface area contributed by atoms with Crippen molar-refractivity contribution in [2.24, 2.45) is 17.8 Å². The number of carbonyl (C=O) groups is 2. The molecule has 0 saturated heterocycles. The van der Waals surface area contributed by atoms with Gasteiger partial charge in [-0.25, -0.2) is 0 Å². The third kappa shape index (κ3) is 7.12. The first-order valence-corrected chi connectivity index (χ1v) is 6.49. The third-order valence-electron chi connectivity index (χ3n) is 3.36. The highest BCUT2D eigenvalue weighted by Crippen LogP contribution is 2.28. The molecule has 0 spiro atoms. The first-order chi connectivity index (χ1) is 8.59. The van der Waals surface area contributed by atoms with E-state index in [1.165, 1.54) is 6.92 Å². The van der Waals surface area contributed by atoms with Crippen LogP contribution in [0.2, 0.25) is 0 Å². The summed E-state index contributed by atoms with van der Waals surface area (Å²) in [6.07, 6.45) is 0.678. The van der Waals surface area contributed by atoms with Gasteiger partial charge in [0.05, 0.1) is 11.8 Å². The SMILES string of the molecule is CCC(CC(C)C(=O)O)CC(O)(O)CC(C)C(=O)O. The molecule has 0 heterocycles. The van der Waals surface area contributed by atoms with Gasteiger partial charge in [-0.05, 0) is 12.3 Å². The topological polar surface area (TPSA) is 115 Å². The van der Waals surface area contributed by atoms with E-state index in [9.17, 15) is 19.8 Å². The van der Waals surface area contributed by atoms with Crippen LogP contribution in [0.4, 0.5) is 0 Å². The molecule has 0 aliphatic carbocycles. The number of hydrogen-bond donors (Lipinski definition) is 4. The number of aliphatic hydroxyl groups is 2. The molecule has 112 valence electrons. The first-order valence-electron chi connectivity index (χ1n) is 6.49. The van der Waals surface area contributed by atoms with Gasteiger partial charge in [0.15, 0.2) is 5.79 Å². The van der Waals surface area contributed by atoms with Crippen molar-refractivity contribution in [3.05, 3.63) is 0 Å². The quantitative estimate of drug-likeness (QED) is 0.472. The minimum absolute atomic E-state index is 0.0151. The molecule has 0 aromatic carbocycles. The fourth-order valence-electron chi connectivity index (χ4n) is 2.12. The summed E-state index contributed by atoms with van der Waals surface area (Å²) in [5.41, 5.74) is 0. The molecule has 0 bridgehead atoms. The summed E-state index contributed by atoms with van der Waals surface area (Å²) in [6, 6.07) is 0. The van der Waals surface area contributed by atoms with Crippen LogP contribution >= 0.6 is 0 Å². The van der Waals surface area contributed by atoms with Gasteiger partial charge < -0.3 is 20.4 Å². The molecule has 0 amide bonds. The van der Waals surface area contributed by atoms with Gasteiger partial charge in [0.1, 0.15) is 0 Å². The van der Waals surface area contributed by atoms with Crippen molar-refractivity contribution in [2.75, 3.05) is 0 Å². The lowest BCUT2D eigenvalue weighted by Gasteiger charge is -2.28. The maximum Gasteiger partial charge on any atom is 0.306 e. The predicted octanol–water partition coefficient (Wildman–Crippen LogP) is 1.31. The van der Waals surface area contributed by atoms with Gasteiger partial charge in [0.25, 0.3) is 0 Å². The van der Waals surface area contributed by atoms with Crippen LogP contribution < -0.4 is 0 Å². The van der Waals surface area contributed by atoms with E-state index >= 15 is 0 Å². The first kappa shape index (κ1) is 17.9. The number of carboxylic acids is 2. The van der Waals surface area contributed by atoms with E-state index in [4.69, 9.17) is 10.2 Å². The molecule has 0 aliphatic heterocycles. The molecule has 0 aromatic heterocycles. The summed E-state index contributed by atoms with van der Waals surface area (Å²) in [6.45, 7) is 4.82. The van der Waals surface area contributed by atoms with Crippen molar-refractivity contribution in [3.8, 4) is 0 Å². The predicted molar refractivity (Wildman–Crippen MR) is 68.4 cm³/mol. The maximum atomic E-state index is 10.8. The Bertz CT molecular complexity index is 312. The summed E-state index contributed by atoms with van der Waals surface area (Å²) in [5.74, 6) is -5.65. The normalized spacial score (nSPS) is 16.7. The van der Waals surface area contributed by atoms with Crippen molar-refractivity contribution in [2.45, 2.75) is 52.2 Å². The van der Waals surface area contributed by atoms with Crippen LogP contribution in [0.5, 0.6) is 0 Å². The second kappa shape index (κ2) is 7.45. The highest BCUT2D eigenvalue weighted by atomic mass is 16.5. The molecule has 0 aliphatic rings. The Morgan fingerprint density at radius 2 is 1.47 bits per heavy atom. The molecule has 0 saturated carbocycles. The molecule has 4 N–H and O–H groups in total. The average Bonchev–Trinajstić information content (AvgIpc) is 2.26. The minimum Gasteiger partial charge on any atom is -0.481 e. The zero-order chi connectivity index (χ0) is 15.2. The van der Waals surface area contributed by atoms with Gasteiger partial charge in [-0.3, -0.25) is 9.59 Å². The second-order valence-electron chi connectivity index (χ2n) is 5.38. The number of aliphatic carboxylic acids is 2.